The van der Waals surface area contributed by atoms with Gasteiger partial charge in [-0.15, -0.1) is 0 Å². The Hall–Kier alpha value is -3.31. The third-order valence-corrected chi connectivity index (χ3v) is 12.0. The zero-order valence-corrected chi connectivity index (χ0v) is 25.4. The van der Waals surface area contributed by atoms with Crippen LogP contribution in [0, 0.1) is 0 Å². The topological polar surface area (TPSA) is 78.8 Å². The fourth-order valence-corrected chi connectivity index (χ4v) is 9.00. The largest absolute Gasteiger partial charge is 0.341 e. The summed E-state index contributed by atoms with van der Waals surface area (Å²) in [7, 11) is -1.42. The summed E-state index contributed by atoms with van der Waals surface area (Å²) in [6, 6.07) is 7.93. The van der Waals surface area contributed by atoms with Crippen LogP contribution in [0.25, 0.3) is 11.1 Å². The van der Waals surface area contributed by atoms with Crippen molar-refractivity contribution >= 4 is 27.3 Å². The van der Waals surface area contributed by atoms with E-state index >= 15 is 0 Å². The van der Waals surface area contributed by atoms with Gasteiger partial charge in [0.05, 0.1) is 11.4 Å². The molecule has 4 aliphatic rings. The van der Waals surface area contributed by atoms with Gasteiger partial charge in [0.1, 0.15) is 0 Å². The minimum atomic E-state index is -3.20. The fourth-order valence-electron chi connectivity index (χ4n) is 7.12. The molecule has 7 rings (SSSR count). The Labute approximate surface area is 251 Å². The van der Waals surface area contributed by atoms with Crippen molar-refractivity contribution in [3.8, 4) is 11.1 Å². The number of aryl methyl sites for hydroxylation is 2. The number of piperidine rings is 1. The molecule has 3 aliphatic heterocycles. The van der Waals surface area contributed by atoms with Crippen molar-refractivity contribution in [1.29, 1.82) is 0 Å². The van der Waals surface area contributed by atoms with E-state index in [1.165, 1.54) is 0 Å². The number of anilines is 2. The van der Waals surface area contributed by atoms with Crippen molar-refractivity contribution < 1.29 is 22.0 Å². The number of sulfonamides is 1. The molecule has 8 nitrogen and oxygen atoms in total. The second-order valence-electron chi connectivity index (χ2n) is 12.5. The van der Waals surface area contributed by atoms with Gasteiger partial charge in [0.2, 0.25) is 15.9 Å². The number of fused-ring (bicyclic) bond motifs is 2. The molecule has 0 radical (unpaired) electrons. The number of hydrogen-bond acceptors (Lipinski definition) is 5. The van der Waals surface area contributed by atoms with Crippen LogP contribution in [0.3, 0.4) is 0 Å². The normalized spacial score (nSPS) is 19.7. The summed E-state index contributed by atoms with van der Waals surface area (Å²) in [5, 5.41) is 4.00. The summed E-state index contributed by atoms with van der Waals surface area (Å²) in [5.74, 6) is 0.192. The van der Waals surface area contributed by atoms with Crippen molar-refractivity contribution in [3.63, 3.8) is 0 Å². The molecule has 0 unspecified atom stereocenters. The van der Waals surface area contributed by atoms with Crippen LogP contribution >= 0.6 is 0 Å². The Kier molecular flexibility index (Phi) is 7.08. The van der Waals surface area contributed by atoms with Crippen molar-refractivity contribution in [2.24, 2.45) is 7.05 Å². The zero-order chi connectivity index (χ0) is 30.0. The van der Waals surface area contributed by atoms with Crippen molar-refractivity contribution in [2.45, 2.75) is 76.1 Å². The van der Waals surface area contributed by atoms with Gasteiger partial charge in [-0.2, -0.15) is 5.10 Å². The quantitative estimate of drug-likeness (QED) is 0.362. The summed E-state index contributed by atoms with van der Waals surface area (Å²) in [4.78, 5) is 16.4. The number of amides is 1. The highest BCUT2D eigenvalue weighted by Gasteiger charge is 2.41. The third kappa shape index (κ3) is 5.14. The van der Waals surface area contributed by atoms with E-state index in [1.807, 2.05) is 11.0 Å². The molecule has 43 heavy (non-hydrogen) atoms. The standard InChI is InChI=1S/C32H37F2N5O3S/c1-20(40)37-18-24-12-23(21-7-10-38(11-8-21)43(41,42)26-5-6-26)14-31(29(24)19-37)39-9-3-4-22-13-27(25-16-35-36(2)17-25)28(32(33)34)15-30(22)39/h12-17,21,26,32H,3-11,18-19H2,1-2H3. The van der Waals surface area contributed by atoms with Crippen LogP contribution in [0.15, 0.2) is 36.7 Å². The third-order valence-electron chi connectivity index (χ3n) is 9.64. The number of aromatic nitrogens is 2. The number of carbonyl (C=O) groups excluding carboxylic acids is 1. The molecule has 1 aromatic heterocycles. The Balaban J connectivity index is 1.27. The molecule has 1 saturated carbocycles. The molecule has 1 amide bonds. The smallest absolute Gasteiger partial charge is 0.264 e. The minimum absolute atomic E-state index is 0.00225. The summed E-state index contributed by atoms with van der Waals surface area (Å²) < 4.78 is 58.0. The molecule has 0 atom stereocenters. The van der Waals surface area contributed by atoms with Crippen LogP contribution in [0.2, 0.25) is 0 Å². The molecule has 228 valence electrons. The van der Waals surface area contributed by atoms with Gasteiger partial charge in [-0.1, -0.05) is 6.07 Å². The van der Waals surface area contributed by atoms with Crippen LogP contribution < -0.4 is 4.90 Å². The second kappa shape index (κ2) is 10.7. The molecule has 4 heterocycles. The van der Waals surface area contributed by atoms with Crippen LogP contribution in [-0.4, -0.2) is 58.2 Å². The number of nitrogens with zero attached hydrogens (tertiary/aromatic N) is 5. The number of rotatable bonds is 6. The van der Waals surface area contributed by atoms with E-state index < -0.39 is 16.4 Å². The van der Waals surface area contributed by atoms with E-state index in [9.17, 15) is 22.0 Å². The maximum Gasteiger partial charge on any atom is 0.264 e. The first-order chi connectivity index (χ1) is 20.6. The molecule has 1 aliphatic carbocycles. The van der Waals surface area contributed by atoms with Gasteiger partial charge in [-0.3, -0.25) is 9.48 Å². The monoisotopic (exact) mass is 609 g/mol. The van der Waals surface area contributed by atoms with Crippen LogP contribution in [-0.2, 0) is 41.4 Å². The molecular formula is C32H37F2N5O3S. The predicted molar refractivity (Wildman–Crippen MR) is 161 cm³/mol. The predicted octanol–water partition coefficient (Wildman–Crippen LogP) is 5.64. The number of benzene rings is 2. The van der Waals surface area contributed by atoms with Gasteiger partial charge >= 0.3 is 0 Å². The van der Waals surface area contributed by atoms with Crippen molar-refractivity contribution in [3.05, 3.63) is 64.5 Å². The van der Waals surface area contributed by atoms with Crippen LogP contribution in [0.4, 0.5) is 20.2 Å². The summed E-state index contributed by atoms with van der Waals surface area (Å²) >= 11 is 0. The Bertz CT molecular complexity index is 1690. The molecule has 0 spiro atoms. The Morgan fingerprint density at radius 3 is 2.40 bits per heavy atom. The number of alkyl halides is 2. The van der Waals surface area contributed by atoms with E-state index in [4.69, 9.17) is 0 Å². The van der Waals surface area contributed by atoms with Crippen LogP contribution in [0.1, 0.15) is 79.2 Å². The first kappa shape index (κ1) is 28.5. The zero-order valence-electron chi connectivity index (χ0n) is 24.6. The molecule has 2 fully saturated rings. The van der Waals surface area contributed by atoms with Gasteiger partial charge < -0.3 is 9.80 Å². The minimum Gasteiger partial charge on any atom is -0.341 e. The van der Waals surface area contributed by atoms with E-state index in [2.05, 4.69) is 22.1 Å². The molecule has 1 saturated heterocycles. The van der Waals surface area contributed by atoms with Crippen molar-refractivity contribution in [1.82, 2.24) is 19.0 Å². The second-order valence-corrected chi connectivity index (χ2v) is 14.7. The summed E-state index contributed by atoms with van der Waals surface area (Å²) in [5.41, 5.74) is 7.25. The lowest BCUT2D eigenvalue weighted by Gasteiger charge is -2.35. The van der Waals surface area contributed by atoms with Gasteiger partial charge in [-0.05, 0) is 84.9 Å². The first-order valence-electron chi connectivity index (χ1n) is 15.2. The number of carbonyl (C=O) groups is 1. The Morgan fingerprint density at radius 2 is 1.74 bits per heavy atom. The highest BCUT2D eigenvalue weighted by atomic mass is 32.2. The fraction of sp³-hybridized carbons (Fsp3) is 0.500. The number of hydrogen-bond donors (Lipinski definition) is 0. The average molecular weight is 610 g/mol. The molecule has 3 aromatic rings. The molecule has 2 aromatic carbocycles. The summed E-state index contributed by atoms with van der Waals surface area (Å²) in [6.07, 6.45) is 5.41. The molecule has 0 N–H and O–H groups in total. The maximum absolute atomic E-state index is 14.5. The lowest BCUT2D eigenvalue weighted by molar-refractivity contribution is -0.129. The highest BCUT2D eigenvalue weighted by Crippen LogP contribution is 2.45. The van der Waals surface area contributed by atoms with Gasteiger partial charge in [0, 0.05) is 81.0 Å². The first-order valence-corrected chi connectivity index (χ1v) is 16.7. The van der Waals surface area contributed by atoms with E-state index in [-0.39, 0.29) is 22.6 Å². The Morgan fingerprint density at radius 1 is 0.977 bits per heavy atom. The van der Waals surface area contributed by atoms with E-state index in [0.29, 0.717) is 43.9 Å². The van der Waals surface area contributed by atoms with Gasteiger partial charge in [0.25, 0.3) is 6.43 Å². The highest BCUT2D eigenvalue weighted by molar-refractivity contribution is 7.90. The van der Waals surface area contributed by atoms with Gasteiger partial charge in [-0.25, -0.2) is 21.5 Å². The molecule has 0 bridgehead atoms. The van der Waals surface area contributed by atoms with Crippen LogP contribution in [0.5, 0.6) is 0 Å². The molecule has 11 heteroatoms. The van der Waals surface area contributed by atoms with E-state index in [0.717, 1.165) is 72.2 Å². The average Bonchev–Trinajstić information content (AvgIpc) is 3.63. The van der Waals surface area contributed by atoms with Crippen molar-refractivity contribution in [2.75, 3.05) is 24.5 Å². The lowest BCUT2D eigenvalue weighted by Crippen LogP contribution is -2.39. The summed E-state index contributed by atoms with van der Waals surface area (Å²) in [6.45, 7) is 4.29. The maximum atomic E-state index is 14.5. The van der Waals surface area contributed by atoms with Gasteiger partial charge in [0.15, 0.2) is 0 Å². The lowest BCUT2D eigenvalue weighted by atomic mass is 9.87. The SMILES string of the molecule is CC(=O)N1Cc2cc(C3CCN(S(=O)(=O)C4CC4)CC3)cc(N3CCCc4cc(-c5cnn(C)c5)c(C(F)F)cc43)c2C1. The number of halogens is 2. The molecular weight excluding hydrogens is 572 g/mol. The van der Waals surface area contributed by atoms with E-state index in [1.54, 1.807) is 41.4 Å².